The molecule has 0 bridgehead atoms. The molecular weight excluding hydrogens is 384 g/mol. The highest BCUT2D eigenvalue weighted by Crippen LogP contribution is 2.23. The van der Waals surface area contributed by atoms with Crippen LogP contribution in [0.3, 0.4) is 0 Å². The molecule has 3 rings (SSSR count). The van der Waals surface area contributed by atoms with E-state index in [2.05, 4.69) is 15.4 Å². The molecule has 0 unspecified atom stereocenters. The van der Waals surface area contributed by atoms with Gasteiger partial charge in [-0.1, -0.05) is 23.7 Å². The number of amides is 1. The summed E-state index contributed by atoms with van der Waals surface area (Å²) >= 11 is 7.12. The van der Waals surface area contributed by atoms with E-state index in [4.69, 9.17) is 11.6 Å². The molecule has 25 heavy (non-hydrogen) atoms. The minimum atomic E-state index is -3.99. The molecule has 0 saturated carbocycles. The van der Waals surface area contributed by atoms with Crippen LogP contribution in [0.15, 0.2) is 59.1 Å². The number of aromatic nitrogens is 2. The third-order valence-corrected chi connectivity index (χ3v) is 5.71. The molecule has 0 saturated heterocycles. The lowest BCUT2D eigenvalue weighted by atomic mass is 10.3. The highest BCUT2D eigenvalue weighted by molar-refractivity contribution is 7.89. The van der Waals surface area contributed by atoms with Crippen LogP contribution in [0.5, 0.6) is 0 Å². The van der Waals surface area contributed by atoms with Gasteiger partial charge in [-0.3, -0.25) is 15.2 Å². The van der Waals surface area contributed by atoms with Crippen molar-refractivity contribution in [1.82, 2.24) is 20.2 Å². The second-order valence-electron chi connectivity index (χ2n) is 4.77. The summed E-state index contributed by atoms with van der Waals surface area (Å²) in [6, 6.07) is 9.48. The van der Waals surface area contributed by atoms with Gasteiger partial charge in [0, 0.05) is 23.3 Å². The minimum Gasteiger partial charge on any atom is -0.272 e. The Hall–Kier alpha value is -2.33. The van der Waals surface area contributed by atoms with E-state index in [1.807, 2.05) is 10.9 Å². The quantitative estimate of drug-likeness (QED) is 0.647. The Kier molecular flexibility index (Phi) is 5.09. The van der Waals surface area contributed by atoms with Crippen LogP contribution in [-0.4, -0.2) is 24.3 Å². The van der Waals surface area contributed by atoms with Crippen molar-refractivity contribution in [3.8, 4) is 10.6 Å². The van der Waals surface area contributed by atoms with Crippen molar-refractivity contribution >= 4 is 38.9 Å². The van der Waals surface area contributed by atoms with Crippen LogP contribution in [0.1, 0.15) is 10.5 Å². The molecule has 0 aliphatic carbocycles. The Labute approximate surface area is 152 Å². The summed E-state index contributed by atoms with van der Waals surface area (Å²) in [5, 5.41) is 2.19. The molecule has 2 heterocycles. The van der Waals surface area contributed by atoms with Crippen molar-refractivity contribution in [2.24, 2.45) is 0 Å². The normalized spacial score (nSPS) is 11.2. The lowest BCUT2D eigenvalue weighted by molar-refractivity contribution is 0.0941. The first-order chi connectivity index (χ1) is 12.0. The number of sulfonamides is 1. The molecule has 128 valence electrons. The monoisotopic (exact) mass is 394 g/mol. The van der Waals surface area contributed by atoms with E-state index in [1.165, 1.54) is 34.9 Å². The first-order valence-electron chi connectivity index (χ1n) is 6.90. The molecule has 2 N–H and O–H groups in total. The second-order valence-corrected chi connectivity index (χ2v) is 7.69. The standard InChI is InChI=1S/C15H11ClN4O3S2/c16-11-5-1-2-6-13(11)25(22,23)20-19-14(21)12-9-24-15(18-12)10-4-3-7-17-8-10/h1-9,20H,(H,19,21). The fraction of sp³-hybridized carbons (Fsp3) is 0. The van der Waals surface area contributed by atoms with Gasteiger partial charge < -0.3 is 0 Å². The number of pyridine rings is 1. The van der Waals surface area contributed by atoms with E-state index >= 15 is 0 Å². The average Bonchev–Trinajstić information content (AvgIpc) is 3.11. The Morgan fingerprint density at radius 2 is 1.96 bits per heavy atom. The van der Waals surface area contributed by atoms with Gasteiger partial charge in [-0.15, -0.1) is 16.2 Å². The van der Waals surface area contributed by atoms with Gasteiger partial charge in [0.25, 0.3) is 15.9 Å². The first kappa shape index (κ1) is 17.5. The van der Waals surface area contributed by atoms with E-state index in [-0.39, 0.29) is 15.6 Å². The summed E-state index contributed by atoms with van der Waals surface area (Å²) in [7, 11) is -3.99. The largest absolute Gasteiger partial charge is 0.285 e. The van der Waals surface area contributed by atoms with Crippen molar-refractivity contribution in [2.75, 3.05) is 0 Å². The van der Waals surface area contributed by atoms with Crippen molar-refractivity contribution in [3.05, 3.63) is 64.9 Å². The van der Waals surface area contributed by atoms with Crippen molar-refractivity contribution in [1.29, 1.82) is 0 Å². The molecule has 7 nitrogen and oxygen atoms in total. The fourth-order valence-corrected chi connectivity index (χ4v) is 4.05. The molecule has 3 aromatic rings. The highest BCUT2D eigenvalue weighted by Gasteiger charge is 2.19. The smallest absolute Gasteiger partial charge is 0.272 e. The van der Waals surface area contributed by atoms with Crippen LogP contribution in [-0.2, 0) is 10.0 Å². The number of halogens is 1. The van der Waals surface area contributed by atoms with Gasteiger partial charge >= 0.3 is 0 Å². The summed E-state index contributed by atoms with van der Waals surface area (Å²) in [6.07, 6.45) is 3.26. The molecule has 0 aliphatic rings. The van der Waals surface area contributed by atoms with Gasteiger partial charge in [-0.05, 0) is 24.3 Å². The van der Waals surface area contributed by atoms with Crippen molar-refractivity contribution in [2.45, 2.75) is 4.90 Å². The molecule has 0 radical (unpaired) electrons. The highest BCUT2D eigenvalue weighted by atomic mass is 35.5. The SMILES string of the molecule is O=C(NNS(=O)(=O)c1ccccc1Cl)c1csc(-c2cccnc2)n1. The third kappa shape index (κ3) is 4.02. The molecule has 0 aliphatic heterocycles. The van der Waals surface area contributed by atoms with Gasteiger partial charge in [0.15, 0.2) is 0 Å². The molecule has 0 atom stereocenters. The number of benzene rings is 1. The maximum atomic E-state index is 12.2. The number of nitrogens with one attached hydrogen (secondary N) is 2. The molecular formula is C15H11ClN4O3S2. The van der Waals surface area contributed by atoms with Gasteiger partial charge in [0.05, 0.1) is 5.02 Å². The zero-order chi connectivity index (χ0) is 17.9. The summed E-state index contributed by atoms with van der Waals surface area (Å²) in [4.78, 5) is 22.1. The summed E-state index contributed by atoms with van der Waals surface area (Å²) in [6.45, 7) is 0. The predicted octanol–water partition coefficient (Wildman–Crippen LogP) is 2.48. The van der Waals surface area contributed by atoms with Crippen molar-refractivity contribution < 1.29 is 13.2 Å². The van der Waals surface area contributed by atoms with Gasteiger partial charge in [-0.25, -0.2) is 13.4 Å². The maximum Gasteiger partial charge on any atom is 0.285 e. The lowest BCUT2D eigenvalue weighted by Gasteiger charge is -2.08. The zero-order valence-electron chi connectivity index (χ0n) is 12.5. The van der Waals surface area contributed by atoms with Crippen LogP contribution in [0, 0.1) is 0 Å². The number of nitrogens with zero attached hydrogens (tertiary/aromatic N) is 2. The number of thiazole rings is 1. The Morgan fingerprint density at radius 3 is 2.68 bits per heavy atom. The van der Waals surface area contributed by atoms with Crippen LogP contribution < -0.4 is 10.3 Å². The van der Waals surface area contributed by atoms with E-state index in [0.717, 1.165) is 5.56 Å². The third-order valence-electron chi connectivity index (χ3n) is 3.07. The fourth-order valence-electron chi connectivity index (χ4n) is 1.90. The Balaban J connectivity index is 1.71. The van der Waals surface area contributed by atoms with E-state index in [0.29, 0.717) is 5.01 Å². The lowest BCUT2D eigenvalue weighted by Crippen LogP contribution is -2.41. The number of hydrogen-bond donors (Lipinski definition) is 2. The zero-order valence-corrected chi connectivity index (χ0v) is 14.9. The average molecular weight is 395 g/mol. The van der Waals surface area contributed by atoms with Crippen molar-refractivity contribution in [3.63, 3.8) is 0 Å². The number of hydrazine groups is 1. The number of carbonyl (C=O) groups excluding carboxylic acids is 1. The predicted molar refractivity (Wildman–Crippen MR) is 94.6 cm³/mol. The molecule has 10 heteroatoms. The molecule has 0 spiro atoms. The van der Waals surface area contributed by atoms with Crippen LogP contribution in [0.25, 0.3) is 10.6 Å². The van der Waals surface area contributed by atoms with Gasteiger partial charge in [0.1, 0.15) is 15.6 Å². The Bertz CT molecular complexity index is 1010. The van der Waals surface area contributed by atoms with E-state index in [9.17, 15) is 13.2 Å². The number of hydrogen-bond acceptors (Lipinski definition) is 6. The topological polar surface area (TPSA) is 101 Å². The minimum absolute atomic E-state index is 0.0526. The first-order valence-corrected chi connectivity index (χ1v) is 9.64. The van der Waals surface area contributed by atoms with E-state index in [1.54, 1.807) is 24.5 Å². The van der Waals surface area contributed by atoms with E-state index < -0.39 is 15.9 Å². The Morgan fingerprint density at radius 1 is 1.16 bits per heavy atom. The second kappa shape index (κ2) is 7.28. The molecule has 1 amide bonds. The van der Waals surface area contributed by atoms with Gasteiger partial charge in [0.2, 0.25) is 0 Å². The molecule has 0 fully saturated rings. The maximum absolute atomic E-state index is 12.2. The summed E-state index contributed by atoms with van der Waals surface area (Å²) in [5.74, 6) is -0.679. The molecule has 1 aromatic carbocycles. The number of rotatable bonds is 5. The van der Waals surface area contributed by atoms with Crippen LogP contribution in [0.4, 0.5) is 0 Å². The molecule has 2 aromatic heterocycles. The summed E-state index contributed by atoms with van der Waals surface area (Å²) in [5.41, 5.74) is 2.98. The number of carbonyl (C=O) groups is 1. The van der Waals surface area contributed by atoms with Crippen LogP contribution in [0.2, 0.25) is 5.02 Å². The van der Waals surface area contributed by atoms with Crippen LogP contribution >= 0.6 is 22.9 Å². The van der Waals surface area contributed by atoms with Gasteiger partial charge in [-0.2, -0.15) is 0 Å². The summed E-state index contributed by atoms with van der Waals surface area (Å²) < 4.78 is 24.4.